The zero-order chi connectivity index (χ0) is 40.4. The first-order chi connectivity index (χ1) is 26.5. The van der Waals surface area contributed by atoms with Crippen LogP contribution in [0, 0.1) is 105 Å². The SMILES string of the molecule is CC1=C2[C@@H](O)C(=O)C3(C)[C@H](O)C[C@H]4OC[C@@]4(O)[C@H]3[C@H](OC(=O)c3ccccc3)[C@](O)(C[C@@H]1OC(=O)[C@H](O)[C@@H](NC(=O)c1ccccc1)c1ccccc1)C2(C)C.[Ac].[Ac]. The summed E-state index contributed by atoms with van der Waals surface area (Å²) in [6.07, 6.45) is -10.3. The molecule has 1 amide bonds. The van der Waals surface area contributed by atoms with E-state index in [0.29, 0.717) is 5.56 Å². The number of rotatable bonds is 8. The number of aliphatic hydroxyl groups excluding tert-OH is 3. The largest absolute Gasteiger partial charge is 0.456 e. The fourth-order valence-electron chi connectivity index (χ4n) is 9.54. The third-order valence-electron chi connectivity index (χ3n) is 12.9. The van der Waals surface area contributed by atoms with E-state index in [4.69, 9.17) is 14.2 Å². The molecule has 302 valence electrons. The van der Waals surface area contributed by atoms with Gasteiger partial charge in [-0.05, 0) is 54.8 Å². The molecule has 3 aromatic carbocycles. The summed E-state index contributed by atoms with van der Waals surface area (Å²) in [7, 11) is 0. The normalized spacial score (nSPS) is 33.1. The topological polar surface area (TPSA) is 209 Å². The Kier molecular flexibility index (Phi) is 14.5. The fourth-order valence-corrected chi connectivity index (χ4v) is 9.54. The average molecular weight is 1220 g/mol. The first-order valence-corrected chi connectivity index (χ1v) is 18.7. The van der Waals surface area contributed by atoms with Crippen LogP contribution in [0.5, 0.6) is 0 Å². The minimum atomic E-state index is -2.30. The number of aliphatic hydroxyl groups is 5. The zero-order valence-corrected chi connectivity index (χ0v) is 42.1. The van der Waals surface area contributed by atoms with Crippen molar-refractivity contribution in [2.45, 2.75) is 94.4 Å². The Bertz CT molecular complexity index is 2050. The molecule has 6 N–H and O–H groups in total. The van der Waals surface area contributed by atoms with Crippen LogP contribution in [0.1, 0.15) is 72.9 Å². The first kappa shape index (κ1) is 47.2. The number of benzene rings is 3. The third-order valence-corrected chi connectivity index (χ3v) is 12.9. The van der Waals surface area contributed by atoms with Gasteiger partial charge in [-0.2, -0.15) is 0 Å². The van der Waals surface area contributed by atoms with Gasteiger partial charge in [0, 0.05) is 118 Å². The number of fused-ring (bicyclic) bond motifs is 5. The number of ether oxygens (including phenoxy) is 3. The van der Waals surface area contributed by atoms with Gasteiger partial charge in [-0.3, -0.25) is 9.59 Å². The van der Waals surface area contributed by atoms with Crippen LogP contribution in [0.4, 0.5) is 0 Å². The summed E-state index contributed by atoms with van der Waals surface area (Å²) < 4.78 is 17.9. The number of carbonyl (C=O) groups is 4. The summed E-state index contributed by atoms with van der Waals surface area (Å²) in [5, 5.41) is 63.6. The van der Waals surface area contributed by atoms with Crippen LogP contribution in [0.25, 0.3) is 0 Å². The average Bonchev–Trinajstić information content (AvgIpc) is 3.19. The summed E-state index contributed by atoms with van der Waals surface area (Å²) in [6, 6.07) is 23.2. The molecular weight excluding hydrogens is 1180 g/mol. The molecule has 0 aromatic heterocycles. The molecule has 4 aliphatic rings. The van der Waals surface area contributed by atoms with Crippen LogP contribution in [0.3, 0.4) is 0 Å². The summed E-state index contributed by atoms with van der Waals surface area (Å²) in [5.41, 5.74) is -6.83. The molecule has 3 aliphatic carbocycles. The van der Waals surface area contributed by atoms with Crippen molar-refractivity contribution in [3.05, 3.63) is 119 Å². The van der Waals surface area contributed by atoms with E-state index in [1.54, 1.807) is 92.7 Å². The Morgan fingerprint density at radius 3 is 1.95 bits per heavy atom. The molecule has 1 saturated heterocycles. The molecule has 2 bridgehead atoms. The van der Waals surface area contributed by atoms with Gasteiger partial charge in [-0.25, -0.2) is 9.59 Å². The van der Waals surface area contributed by atoms with Crippen LogP contribution in [-0.2, 0) is 23.8 Å². The standard InChI is InChI=1S/C43H47NO12.2Ac/c1-23-27(55-39(51)33(47)31(24-14-8-5-9-15-24)44-37(49)25-16-10-6-11-17-25)21-43(53)36(56-38(50)26-18-12-7-13-19-26)34-41(4,28(45)20-29-42(34,52)22-54-29)35(48)32(46)30(23)40(43,2)3;;/h5-19,27-29,31-34,36,45-47,52-53H,20-22H2,1-4H3,(H,44,49);;/t27-,28+,29+,31-,32+,33+,34-,36-,41?,42-,43+;;/m0../s1. The van der Waals surface area contributed by atoms with E-state index in [-0.39, 0.29) is 123 Å². The molecule has 3 aromatic rings. The van der Waals surface area contributed by atoms with Crippen molar-refractivity contribution in [3.63, 3.8) is 0 Å². The van der Waals surface area contributed by atoms with E-state index in [9.17, 15) is 44.7 Å². The Balaban J connectivity index is 0.00000320. The molecule has 58 heavy (non-hydrogen) atoms. The quantitative estimate of drug-likeness (QED) is 0.142. The number of ketones is 1. The first-order valence-electron chi connectivity index (χ1n) is 18.7. The van der Waals surface area contributed by atoms with Gasteiger partial charge >= 0.3 is 11.9 Å². The number of Topliss-reactive ketones (excluding diaryl/α,β-unsaturated/α-hetero) is 1. The molecule has 1 heterocycles. The van der Waals surface area contributed by atoms with Gasteiger partial charge in [0.05, 0.1) is 35.8 Å². The minimum absolute atomic E-state index is 0. The van der Waals surface area contributed by atoms with Crippen LogP contribution in [-0.4, -0.2) is 104 Å². The van der Waals surface area contributed by atoms with E-state index < -0.39 is 101 Å². The zero-order valence-electron chi connectivity index (χ0n) is 32.6. The second-order valence-electron chi connectivity index (χ2n) is 16.2. The van der Waals surface area contributed by atoms with Crippen molar-refractivity contribution in [1.29, 1.82) is 0 Å². The fraction of sp³-hybridized carbons (Fsp3) is 0.442. The van der Waals surface area contributed by atoms with Crippen molar-refractivity contribution in [3.8, 4) is 0 Å². The van der Waals surface area contributed by atoms with Gasteiger partial charge in [-0.15, -0.1) is 0 Å². The molecule has 13 nitrogen and oxygen atoms in total. The van der Waals surface area contributed by atoms with E-state index in [1.807, 2.05) is 0 Å². The molecule has 11 atom stereocenters. The number of hydrogen-bond acceptors (Lipinski definition) is 12. The Morgan fingerprint density at radius 2 is 1.40 bits per heavy atom. The second kappa shape index (κ2) is 17.8. The van der Waals surface area contributed by atoms with Gasteiger partial charge in [0.25, 0.3) is 5.91 Å². The predicted octanol–water partition coefficient (Wildman–Crippen LogP) is 2.59. The van der Waals surface area contributed by atoms with Crippen molar-refractivity contribution in [1.82, 2.24) is 5.32 Å². The molecule has 1 aliphatic heterocycles. The van der Waals surface area contributed by atoms with Gasteiger partial charge in [0.1, 0.15) is 29.5 Å². The summed E-state index contributed by atoms with van der Waals surface area (Å²) in [6.45, 7) is 5.72. The molecular formula is C43H47Ac2NO12. The molecule has 2 saturated carbocycles. The molecule has 7 rings (SSSR count). The van der Waals surface area contributed by atoms with Crippen molar-refractivity contribution < 1.29 is 147 Å². The van der Waals surface area contributed by atoms with Crippen LogP contribution in [0.15, 0.2) is 102 Å². The van der Waals surface area contributed by atoms with Crippen LogP contribution >= 0.6 is 0 Å². The third kappa shape index (κ3) is 7.78. The van der Waals surface area contributed by atoms with Gasteiger partial charge < -0.3 is 45.1 Å². The monoisotopic (exact) mass is 1220 g/mol. The number of carbonyl (C=O) groups excluding carboxylic acids is 4. The smallest absolute Gasteiger partial charge is 0.338 e. The second-order valence-corrected chi connectivity index (χ2v) is 16.2. The Morgan fingerprint density at radius 1 is 0.845 bits per heavy atom. The summed E-state index contributed by atoms with van der Waals surface area (Å²) >= 11 is 0. The van der Waals surface area contributed by atoms with Crippen molar-refractivity contribution in [2.75, 3.05) is 6.61 Å². The summed E-state index contributed by atoms with van der Waals surface area (Å²) in [5.74, 6) is -5.07. The summed E-state index contributed by atoms with van der Waals surface area (Å²) in [4.78, 5) is 56.0. The van der Waals surface area contributed by atoms with Gasteiger partial charge in [-0.1, -0.05) is 80.6 Å². The van der Waals surface area contributed by atoms with Gasteiger partial charge in [0.2, 0.25) is 0 Å². The molecule has 2 radical (unpaired) electrons. The van der Waals surface area contributed by atoms with Crippen LogP contribution < -0.4 is 5.32 Å². The van der Waals surface area contributed by atoms with Crippen molar-refractivity contribution in [2.24, 2.45) is 16.7 Å². The van der Waals surface area contributed by atoms with E-state index >= 15 is 0 Å². The molecule has 1 unspecified atom stereocenters. The number of esters is 2. The van der Waals surface area contributed by atoms with Crippen LogP contribution in [0.2, 0.25) is 0 Å². The Labute approximate surface area is 408 Å². The number of nitrogens with one attached hydrogen (secondary N) is 1. The van der Waals surface area contributed by atoms with E-state index in [1.165, 1.54) is 26.0 Å². The minimum Gasteiger partial charge on any atom is -0.456 e. The number of amides is 1. The predicted molar refractivity (Wildman–Crippen MR) is 199 cm³/mol. The van der Waals surface area contributed by atoms with Gasteiger partial charge in [0.15, 0.2) is 11.9 Å². The Hall–Kier alpha value is -1.88. The molecule has 3 fully saturated rings. The number of hydrogen-bond donors (Lipinski definition) is 6. The van der Waals surface area contributed by atoms with E-state index in [2.05, 4.69) is 5.32 Å². The maximum absolute atomic E-state index is 14.7. The maximum atomic E-state index is 14.7. The van der Waals surface area contributed by atoms with E-state index in [0.717, 1.165) is 0 Å². The molecule has 0 spiro atoms. The molecule has 15 heteroatoms. The maximum Gasteiger partial charge on any atom is 0.338 e. The van der Waals surface area contributed by atoms with Crippen molar-refractivity contribution >= 4 is 23.6 Å².